The molecule has 0 aliphatic heterocycles. The summed E-state index contributed by atoms with van der Waals surface area (Å²) in [4.78, 5) is 14.1. The van der Waals surface area contributed by atoms with Crippen LogP contribution in [0.25, 0.3) is 21.3 Å². The Morgan fingerprint density at radius 1 is 1.42 bits per heavy atom. The molecule has 0 aliphatic rings. The maximum Gasteiger partial charge on any atom is 0.227 e. The number of methoxy groups -OCH3 is 1. The maximum atomic E-state index is 6.10. The van der Waals surface area contributed by atoms with Gasteiger partial charge in [0, 0.05) is 40.5 Å². The first-order valence-electron chi connectivity index (χ1n) is 7.78. The number of fused-ring (bicyclic) bond motifs is 1. The molecule has 0 fully saturated rings. The zero-order valence-electron chi connectivity index (χ0n) is 14.6. The van der Waals surface area contributed by atoms with Crippen LogP contribution in [-0.4, -0.2) is 30.3 Å². The van der Waals surface area contributed by atoms with Crippen LogP contribution in [-0.2, 0) is 0 Å². The van der Waals surface area contributed by atoms with Crippen molar-refractivity contribution < 1.29 is 4.74 Å². The van der Waals surface area contributed by atoms with E-state index in [4.69, 9.17) is 22.1 Å². The van der Waals surface area contributed by atoms with E-state index in [1.807, 2.05) is 12.1 Å². The normalized spacial score (nSPS) is 12.1. The third-order valence-corrected chi connectivity index (χ3v) is 5.01. The number of hydrogen-bond acceptors (Lipinski definition) is 7. The molecule has 0 atom stereocenters. The Morgan fingerprint density at radius 2 is 2.23 bits per heavy atom. The van der Waals surface area contributed by atoms with E-state index in [0.29, 0.717) is 22.4 Å². The highest BCUT2D eigenvalue weighted by atomic mass is 35.5. The number of nitrogens with two attached hydrogens (primary N) is 1. The summed E-state index contributed by atoms with van der Waals surface area (Å²) in [6.07, 6.45) is 4.82. The minimum absolute atomic E-state index is 0.445. The van der Waals surface area contributed by atoms with Crippen LogP contribution >= 0.6 is 22.9 Å². The van der Waals surface area contributed by atoms with Crippen LogP contribution in [0.5, 0.6) is 5.75 Å². The van der Waals surface area contributed by atoms with Crippen LogP contribution in [0.15, 0.2) is 41.3 Å². The number of halogens is 1. The Morgan fingerprint density at radius 3 is 2.92 bits per heavy atom. The van der Waals surface area contributed by atoms with Gasteiger partial charge in [0.15, 0.2) is 0 Å². The molecule has 0 spiro atoms. The van der Waals surface area contributed by atoms with Crippen molar-refractivity contribution in [3.05, 3.63) is 46.2 Å². The average Bonchev–Trinajstić information content (AvgIpc) is 2.96. The smallest absolute Gasteiger partial charge is 0.227 e. The number of anilines is 1. The van der Waals surface area contributed by atoms with Crippen molar-refractivity contribution in [3.63, 3.8) is 0 Å². The first kappa shape index (κ1) is 18.2. The number of hydrogen-bond donors (Lipinski definition) is 2. The molecule has 3 rings (SSSR count). The van der Waals surface area contributed by atoms with Gasteiger partial charge in [-0.25, -0.2) is 9.97 Å². The number of nitrogens with zero attached hydrogens (tertiary/aromatic N) is 3. The molecule has 0 bridgehead atoms. The van der Waals surface area contributed by atoms with E-state index in [1.54, 1.807) is 44.0 Å². The van der Waals surface area contributed by atoms with Crippen molar-refractivity contribution in [2.75, 3.05) is 19.5 Å². The van der Waals surface area contributed by atoms with Crippen LogP contribution in [0, 0.1) is 6.92 Å². The topological polar surface area (TPSA) is 85.4 Å². The molecular weight excluding hydrogens is 370 g/mol. The largest absolute Gasteiger partial charge is 0.496 e. The predicted molar refractivity (Wildman–Crippen MR) is 109 cm³/mol. The number of aromatic nitrogens is 2. The zero-order chi connectivity index (χ0) is 18.7. The van der Waals surface area contributed by atoms with E-state index in [2.05, 4.69) is 27.2 Å². The van der Waals surface area contributed by atoms with Gasteiger partial charge in [0.1, 0.15) is 5.75 Å². The number of ether oxygens (including phenoxy) is 1. The standard InChI is InChI=1S/C18H18ClN5OS/c1-10-16(13-5-4-11(19)6-14(13)25-3)17-15(26-10)9-22-18(24-17)23-12(7-20)8-21-2/h4-9H,20H2,1-3H3,(H,22,23,24). The number of rotatable bonds is 5. The molecule has 0 unspecified atom stereocenters. The van der Waals surface area contributed by atoms with E-state index in [0.717, 1.165) is 26.2 Å². The SMILES string of the molecule is CN=CC(=CN)Nc1ncc2sc(C)c(-c3ccc(Cl)cc3OC)c2n1. The van der Waals surface area contributed by atoms with Crippen molar-refractivity contribution in [2.45, 2.75) is 6.92 Å². The van der Waals surface area contributed by atoms with Gasteiger partial charge in [-0.2, -0.15) is 0 Å². The molecule has 0 radical (unpaired) electrons. The molecule has 2 heterocycles. The summed E-state index contributed by atoms with van der Waals surface area (Å²) < 4.78 is 6.50. The summed E-state index contributed by atoms with van der Waals surface area (Å²) in [5.74, 6) is 1.15. The lowest BCUT2D eigenvalue weighted by Crippen LogP contribution is -2.06. The van der Waals surface area contributed by atoms with Crippen molar-refractivity contribution in [1.29, 1.82) is 0 Å². The molecular formula is C18H18ClN5OS. The fourth-order valence-corrected chi connectivity index (χ4v) is 3.79. The minimum Gasteiger partial charge on any atom is -0.496 e. The van der Waals surface area contributed by atoms with Crippen LogP contribution in [0.1, 0.15) is 4.88 Å². The summed E-state index contributed by atoms with van der Waals surface area (Å²) in [5, 5.41) is 3.69. The Hall–Kier alpha value is -2.64. The molecule has 134 valence electrons. The van der Waals surface area contributed by atoms with E-state index in [-0.39, 0.29) is 0 Å². The summed E-state index contributed by atoms with van der Waals surface area (Å²) in [7, 11) is 3.30. The van der Waals surface area contributed by atoms with Crippen LogP contribution in [0.3, 0.4) is 0 Å². The average molecular weight is 388 g/mol. The van der Waals surface area contributed by atoms with Crippen molar-refractivity contribution in [1.82, 2.24) is 9.97 Å². The van der Waals surface area contributed by atoms with E-state index < -0.39 is 0 Å². The second-order valence-electron chi connectivity index (χ2n) is 5.42. The molecule has 0 amide bonds. The van der Waals surface area contributed by atoms with Crippen molar-refractivity contribution in [3.8, 4) is 16.9 Å². The number of allylic oxidation sites excluding steroid dienone is 1. The first-order chi connectivity index (χ1) is 12.6. The number of benzene rings is 1. The van der Waals surface area contributed by atoms with Gasteiger partial charge in [0.25, 0.3) is 0 Å². The third-order valence-electron chi connectivity index (χ3n) is 3.74. The van der Waals surface area contributed by atoms with Crippen LogP contribution in [0.2, 0.25) is 5.02 Å². The van der Waals surface area contributed by atoms with Gasteiger partial charge in [-0.15, -0.1) is 11.3 Å². The van der Waals surface area contributed by atoms with Gasteiger partial charge >= 0.3 is 0 Å². The Labute approximate surface area is 160 Å². The fraction of sp³-hybridized carbons (Fsp3) is 0.167. The van der Waals surface area contributed by atoms with E-state index >= 15 is 0 Å². The summed E-state index contributed by atoms with van der Waals surface area (Å²) in [6.45, 7) is 2.05. The lowest BCUT2D eigenvalue weighted by Gasteiger charge is -2.10. The first-order valence-corrected chi connectivity index (χ1v) is 8.98. The van der Waals surface area contributed by atoms with Crippen LogP contribution in [0.4, 0.5) is 5.95 Å². The zero-order valence-corrected chi connectivity index (χ0v) is 16.1. The van der Waals surface area contributed by atoms with E-state index in [9.17, 15) is 0 Å². The maximum absolute atomic E-state index is 6.10. The van der Waals surface area contributed by atoms with E-state index in [1.165, 1.54) is 6.20 Å². The molecule has 8 heteroatoms. The highest BCUT2D eigenvalue weighted by molar-refractivity contribution is 7.19. The molecule has 3 N–H and O–H groups in total. The predicted octanol–water partition coefficient (Wildman–Crippen LogP) is 4.24. The lowest BCUT2D eigenvalue weighted by atomic mass is 10.0. The highest BCUT2D eigenvalue weighted by Crippen LogP contribution is 2.42. The molecule has 26 heavy (non-hydrogen) atoms. The van der Waals surface area contributed by atoms with Gasteiger partial charge in [-0.05, 0) is 25.1 Å². The fourth-order valence-electron chi connectivity index (χ4n) is 2.64. The Balaban J connectivity index is 2.14. The van der Waals surface area contributed by atoms with Gasteiger partial charge in [0.05, 0.1) is 29.2 Å². The summed E-state index contributed by atoms with van der Waals surface area (Å²) >= 11 is 7.73. The molecule has 0 aliphatic carbocycles. The quantitative estimate of drug-likeness (QED) is 0.639. The number of nitrogens with one attached hydrogen (secondary N) is 1. The third kappa shape index (κ3) is 3.49. The molecule has 3 aromatic rings. The second kappa shape index (κ2) is 7.72. The Bertz CT molecular complexity index is 1010. The Kier molecular flexibility index (Phi) is 5.39. The van der Waals surface area contributed by atoms with Gasteiger partial charge in [-0.1, -0.05) is 11.6 Å². The van der Waals surface area contributed by atoms with Crippen molar-refractivity contribution >= 4 is 45.3 Å². The summed E-state index contributed by atoms with van der Waals surface area (Å²) in [6, 6.07) is 5.59. The molecule has 1 aromatic carbocycles. The second-order valence-corrected chi connectivity index (χ2v) is 7.11. The number of aliphatic imine (C=N–C) groups is 1. The highest BCUT2D eigenvalue weighted by Gasteiger charge is 2.17. The molecule has 2 aromatic heterocycles. The van der Waals surface area contributed by atoms with Crippen molar-refractivity contribution in [2.24, 2.45) is 10.7 Å². The van der Waals surface area contributed by atoms with Crippen LogP contribution < -0.4 is 15.8 Å². The minimum atomic E-state index is 0.445. The van der Waals surface area contributed by atoms with Gasteiger partial charge in [-0.3, -0.25) is 4.99 Å². The molecule has 0 saturated carbocycles. The number of aryl methyl sites for hydroxylation is 1. The lowest BCUT2D eigenvalue weighted by molar-refractivity contribution is 0.416. The molecule has 6 nitrogen and oxygen atoms in total. The van der Waals surface area contributed by atoms with Gasteiger partial charge < -0.3 is 15.8 Å². The van der Waals surface area contributed by atoms with Gasteiger partial charge in [0.2, 0.25) is 5.95 Å². The summed E-state index contributed by atoms with van der Waals surface area (Å²) in [5.41, 5.74) is 9.00. The molecule has 0 saturated heterocycles. The monoisotopic (exact) mass is 387 g/mol. The number of thiophene rings is 1.